The van der Waals surface area contributed by atoms with E-state index >= 15 is 0 Å². The van der Waals surface area contributed by atoms with Crippen LogP contribution in [-0.4, -0.2) is 15.2 Å². The highest BCUT2D eigenvalue weighted by Crippen LogP contribution is 2.34. The zero-order valence-corrected chi connectivity index (χ0v) is 16.1. The number of aromatic amines is 1. The van der Waals surface area contributed by atoms with Crippen LogP contribution < -0.4 is 5.56 Å². The van der Waals surface area contributed by atoms with E-state index in [-0.39, 0.29) is 11.5 Å². The summed E-state index contributed by atoms with van der Waals surface area (Å²) in [6.07, 6.45) is 1.82. The van der Waals surface area contributed by atoms with Gasteiger partial charge in [0.2, 0.25) is 0 Å². The van der Waals surface area contributed by atoms with Crippen LogP contribution in [0.4, 0.5) is 0 Å². The molecule has 0 amide bonds. The maximum absolute atomic E-state index is 12.4. The van der Waals surface area contributed by atoms with Crippen LogP contribution in [0.5, 0.6) is 0 Å². The second-order valence-electron chi connectivity index (χ2n) is 7.61. The highest BCUT2D eigenvalue weighted by molar-refractivity contribution is 5.98. The van der Waals surface area contributed by atoms with Gasteiger partial charge >= 0.3 is 0 Å². The normalized spacial score (nSPS) is 11.8. The Hall–Kier alpha value is -3.01. The summed E-state index contributed by atoms with van der Waals surface area (Å²) in [4.78, 5) is 17.1. The number of nitrogens with one attached hydrogen (secondary N) is 1. The van der Waals surface area contributed by atoms with Crippen molar-refractivity contribution < 1.29 is 0 Å². The van der Waals surface area contributed by atoms with Crippen LogP contribution >= 0.6 is 0 Å². The standard InChI is InChI=1S/C23H23N3O/c1-13(2)16-9-10-17(22-18(16)6-5-11-24-22)15-7-8-19-20(12-15)23(27)26-25-21(19)14(3)4/h5-14H,1-4H3,(H,26,27). The molecule has 0 bridgehead atoms. The van der Waals surface area contributed by atoms with E-state index in [0.29, 0.717) is 11.3 Å². The minimum atomic E-state index is -0.160. The lowest BCUT2D eigenvalue weighted by Gasteiger charge is -2.14. The second kappa shape index (κ2) is 6.62. The van der Waals surface area contributed by atoms with Crippen LogP contribution in [0.2, 0.25) is 0 Å². The van der Waals surface area contributed by atoms with Crippen molar-refractivity contribution in [3.8, 4) is 11.1 Å². The molecule has 136 valence electrons. The Kier molecular flexibility index (Phi) is 4.27. The summed E-state index contributed by atoms with van der Waals surface area (Å²) in [5, 5.41) is 9.63. The number of rotatable bonds is 3. The van der Waals surface area contributed by atoms with E-state index < -0.39 is 0 Å². The van der Waals surface area contributed by atoms with Crippen LogP contribution in [0.1, 0.15) is 50.8 Å². The summed E-state index contributed by atoms with van der Waals surface area (Å²) in [7, 11) is 0. The number of H-pyrrole nitrogens is 1. The lowest BCUT2D eigenvalue weighted by atomic mass is 9.92. The number of hydrogen-bond acceptors (Lipinski definition) is 3. The molecule has 4 nitrogen and oxygen atoms in total. The second-order valence-corrected chi connectivity index (χ2v) is 7.61. The Balaban J connectivity index is 2.00. The van der Waals surface area contributed by atoms with Gasteiger partial charge in [-0.25, -0.2) is 5.10 Å². The summed E-state index contributed by atoms with van der Waals surface area (Å²) >= 11 is 0. The van der Waals surface area contributed by atoms with Gasteiger partial charge in [-0.05, 0) is 35.1 Å². The molecule has 0 fully saturated rings. The molecule has 2 heterocycles. The molecule has 27 heavy (non-hydrogen) atoms. The van der Waals surface area contributed by atoms with Crippen molar-refractivity contribution in [3.63, 3.8) is 0 Å². The molecule has 1 N–H and O–H groups in total. The maximum atomic E-state index is 12.4. The molecule has 4 rings (SSSR count). The van der Waals surface area contributed by atoms with Gasteiger partial charge in [0, 0.05) is 22.5 Å². The lowest BCUT2D eigenvalue weighted by Crippen LogP contribution is -2.12. The summed E-state index contributed by atoms with van der Waals surface area (Å²) in [5.41, 5.74) is 5.04. The van der Waals surface area contributed by atoms with Crippen molar-refractivity contribution in [1.82, 2.24) is 15.2 Å². The fourth-order valence-electron chi connectivity index (χ4n) is 3.73. The molecule has 2 aromatic heterocycles. The van der Waals surface area contributed by atoms with Gasteiger partial charge in [0.15, 0.2) is 0 Å². The Morgan fingerprint density at radius 3 is 2.44 bits per heavy atom. The Morgan fingerprint density at radius 2 is 1.70 bits per heavy atom. The zero-order chi connectivity index (χ0) is 19.1. The summed E-state index contributed by atoms with van der Waals surface area (Å²) < 4.78 is 0. The number of benzene rings is 2. The van der Waals surface area contributed by atoms with Crippen molar-refractivity contribution in [2.45, 2.75) is 39.5 Å². The van der Waals surface area contributed by atoms with Gasteiger partial charge in [0.05, 0.1) is 16.6 Å². The molecule has 0 radical (unpaired) electrons. The number of pyridine rings is 1. The molecule has 4 heteroatoms. The van der Waals surface area contributed by atoms with Crippen LogP contribution in [0.3, 0.4) is 0 Å². The molecule has 0 saturated carbocycles. The van der Waals surface area contributed by atoms with E-state index in [1.165, 1.54) is 5.56 Å². The summed E-state index contributed by atoms with van der Waals surface area (Å²) in [6, 6.07) is 14.4. The Labute approximate surface area is 158 Å². The number of fused-ring (bicyclic) bond motifs is 2. The predicted molar refractivity (Wildman–Crippen MR) is 111 cm³/mol. The Morgan fingerprint density at radius 1 is 0.889 bits per heavy atom. The molecule has 0 aliphatic heterocycles. The smallest absolute Gasteiger partial charge is 0.267 e. The van der Waals surface area contributed by atoms with Crippen molar-refractivity contribution in [3.05, 3.63) is 70.3 Å². The lowest BCUT2D eigenvalue weighted by molar-refractivity contribution is 0.792. The molecule has 0 saturated heterocycles. The summed E-state index contributed by atoms with van der Waals surface area (Å²) in [6.45, 7) is 8.54. The van der Waals surface area contributed by atoms with Crippen LogP contribution in [0.25, 0.3) is 32.8 Å². The molecule has 0 unspecified atom stereocenters. The molecule has 0 atom stereocenters. The first kappa shape index (κ1) is 17.4. The molecule has 2 aromatic carbocycles. The van der Waals surface area contributed by atoms with E-state index in [0.717, 1.165) is 33.1 Å². The average molecular weight is 357 g/mol. The SMILES string of the molecule is CC(C)c1ccc(-c2ccc3c(C(C)C)n[nH]c(=O)c3c2)c2ncccc12. The van der Waals surface area contributed by atoms with Gasteiger partial charge < -0.3 is 0 Å². The monoisotopic (exact) mass is 357 g/mol. The summed E-state index contributed by atoms with van der Waals surface area (Å²) in [5.74, 6) is 0.660. The average Bonchev–Trinajstić information content (AvgIpc) is 2.67. The fourth-order valence-corrected chi connectivity index (χ4v) is 3.73. The zero-order valence-electron chi connectivity index (χ0n) is 16.1. The van der Waals surface area contributed by atoms with Gasteiger partial charge in [-0.2, -0.15) is 5.10 Å². The van der Waals surface area contributed by atoms with E-state index in [1.54, 1.807) is 0 Å². The highest BCUT2D eigenvalue weighted by Gasteiger charge is 2.14. The molecular formula is C23H23N3O. The van der Waals surface area contributed by atoms with Crippen molar-refractivity contribution >= 4 is 21.7 Å². The molecule has 0 aliphatic carbocycles. The fraction of sp³-hybridized carbons (Fsp3) is 0.261. The third-order valence-electron chi connectivity index (χ3n) is 5.10. The molecule has 0 spiro atoms. The first-order valence-corrected chi connectivity index (χ1v) is 9.37. The van der Waals surface area contributed by atoms with Gasteiger partial charge in [-0.3, -0.25) is 9.78 Å². The molecule has 4 aromatic rings. The van der Waals surface area contributed by atoms with Crippen LogP contribution in [-0.2, 0) is 0 Å². The third-order valence-corrected chi connectivity index (χ3v) is 5.10. The first-order valence-electron chi connectivity index (χ1n) is 9.37. The predicted octanol–water partition coefficient (Wildman–Crippen LogP) is 5.39. The highest BCUT2D eigenvalue weighted by atomic mass is 16.1. The van der Waals surface area contributed by atoms with Crippen molar-refractivity contribution in [2.24, 2.45) is 0 Å². The van der Waals surface area contributed by atoms with Crippen molar-refractivity contribution in [1.29, 1.82) is 0 Å². The van der Waals surface area contributed by atoms with E-state index in [4.69, 9.17) is 0 Å². The van der Waals surface area contributed by atoms with Gasteiger partial charge in [-0.1, -0.05) is 58.0 Å². The molecule has 0 aliphatic rings. The molecular weight excluding hydrogens is 334 g/mol. The number of aromatic nitrogens is 3. The van der Waals surface area contributed by atoms with Crippen LogP contribution in [0.15, 0.2) is 53.5 Å². The van der Waals surface area contributed by atoms with Gasteiger partial charge in [0.25, 0.3) is 5.56 Å². The van der Waals surface area contributed by atoms with E-state index in [9.17, 15) is 4.79 Å². The third kappa shape index (κ3) is 2.91. The minimum absolute atomic E-state index is 0.160. The van der Waals surface area contributed by atoms with E-state index in [2.05, 4.69) is 67.1 Å². The quantitative estimate of drug-likeness (QED) is 0.535. The van der Waals surface area contributed by atoms with E-state index in [1.807, 2.05) is 24.4 Å². The number of nitrogens with zero attached hydrogens (tertiary/aromatic N) is 2. The minimum Gasteiger partial charge on any atom is -0.267 e. The number of hydrogen-bond donors (Lipinski definition) is 1. The Bertz CT molecular complexity index is 1210. The first-order chi connectivity index (χ1) is 13.0. The topological polar surface area (TPSA) is 58.6 Å². The van der Waals surface area contributed by atoms with Gasteiger partial charge in [-0.15, -0.1) is 0 Å². The van der Waals surface area contributed by atoms with Crippen LogP contribution in [0, 0.1) is 0 Å². The maximum Gasteiger partial charge on any atom is 0.272 e. The largest absolute Gasteiger partial charge is 0.272 e. The van der Waals surface area contributed by atoms with Crippen molar-refractivity contribution in [2.75, 3.05) is 0 Å². The van der Waals surface area contributed by atoms with Gasteiger partial charge in [0.1, 0.15) is 0 Å².